The van der Waals surface area contributed by atoms with Crippen LogP contribution in [0.2, 0.25) is 0 Å². The molecule has 0 radical (unpaired) electrons. The van der Waals surface area contributed by atoms with Crippen molar-refractivity contribution in [3.8, 4) is 22.5 Å². The summed E-state index contributed by atoms with van der Waals surface area (Å²) in [7, 11) is 0. The van der Waals surface area contributed by atoms with Crippen molar-refractivity contribution < 1.29 is 0 Å². The van der Waals surface area contributed by atoms with Gasteiger partial charge in [-0.2, -0.15) is 10.3 Å². The van der Waals surface area contributed by atoms with E-state index in [0.29, 0.717) is 11.7 Å². The van der Waals surface area contributed by atoms with Crippen LogP contribution in [-0.4, -0.2) is 40.4 Å². The van der Waals surface area contributed by atoms with Crippen LogP contribution in [0.25, 0.3) is 22.5 Å². The predicted octanol–water partition coefficient (Wildman–Crippen LogP) is 4.42. The van der Waals surface area contributed by atoms with Crippen LogP contribution in [0.4, 0.5) is 0 Å². The van der Waals surface area contributed by atoms with E-state index in [0.717, 1.165) is 47.7 Å². The minimum Gasteiger partial charge on any atom is -0.264 e. The number of hydrogen-bond acceptors (Lipinski definition) is 6. The Bertz CT molecular complexity index is 1100. The highest BCUT2D eigenvalue weighted by atomic mass is 15.5. The molecule has 3 heterocycles. The second kappa shape index (κ2) is 9.59. The summed E-state index contributed by atoms with van der Waals surface area (Å²) >= 11 is 0. The van der Waals surface area contributed by atoms with E-state index in [1.165, 1.54) is 18.4 Å². The number of aromatic nitrogens is 8. The molecule has 8 nitrogen and oxygen atoms in total. The summed E-state index contributed by atoms with van der Waals surface area (Å²) in [6.07, 6.45) is 8.07. The molecule has 4 aromatic rings. The minimum absolute atomic E-state index is 0.323. The van der Waals surface area contributed by atoms with Gasteiger partial charge in [0.05, 0.1) is 6.54 Å². The first-order chi connectivity index (χ1) is 15.2. The number of aryl methyl sites for hydroxylation is 1. The molecule has 0 bridgehead atoms. The van der Waals surface area contributed by atoms with E-state index in [-0.39, 0.29) is 0 Å². The maximum atomic E-state index is 4.81. The van der Waals surface area contributed by atoms with Crippen molar-refractivity contribution in [2.45, 2.75) is 58.9 Å². The van der Waals surface area contributed by atoms with E-state index < -0.39 is 0 Å². The summed E-state index contributed by atoms with van der Waals surface area (Å²) in [5, 5.41) is 19.1. The Balaban J connectivity index is 1.56. The SMILES string of the molecule is CCCCCc1nc(C(C)C)nn1Cc1ccc(-c2ccncc2-c2nn[nH]n2)cc1. The number of pyridine rings is 1. The summed E-state index contributed by atoms with van der Waals surface area (Å²) < 4.78 is 2.07. The number of hydrogen-bond donors (Lipinski definition) is 1. The molecule has 0 aliphatic carbocycles. The molecule has 1 N–H and O–H groups in total. The third kappa shape index (κ3) is 4.84. The zero-order chi connectivity index (χ0) is 21.6. The minimum atomic E-state index is 0.323. The van der Waals surface area contributed by atoms with E-state index in [1.807, 2.05) is 6.07 Å². The van der Waals surface area contributed by atoms with Crippen molar-refractivity contribution in [2.24, 2.45) is 0 Å². The number of aromatic amines is 1. The lowest BCUT2D eigenvalue weighted by atomic mass is 10.00. The van der Waals surface area contributed by atoms with Gasteiger partial charge >= 0.3 is 0 Å². The van der Waals surface area contributed by atoms with Crippen LogP contribution in [0.15, 0.2) is 42.7 Å². The van der Waals surface area contributed by atoms with Gasteiger partial charge in [0.1, 0.15) is 5.82 Å². The lowest BCUT2D eigenvalue weighted by Crippen LogP contribution is -2.07. The molecule has 3 aromatic heterocycles. The van der Waals surface area contributed by atoms with Crippen LogP contribution in [0.5, 0.6) is 0 Å². The van der Waals surface area contributed by atoms with E-state index >= 15 is 0 Å². The summed E-state index contributed by atoms with van der Waals surface area (Å²) in [5.74, 6) is 2.86. The predicted molar refractivity (Wildman–Crippen MR) is 119 cm³/mol. The van der Waals surface area contributed by atoms with Crippen LogP contribution < -0.4 is 0 Å². The Morgan fingerprint density at radius 3 is 2.58 bits per heavy atom. The van der Waals surface area contributed by atoms with Gasteiger partial charge in [-0.1, -0.05) is 57.9 Å². The highest BCUT2D eigenvalue weighted by Crippen LogP contribution is 2.29. The van der Waals surface area contributed by atoms with Crippen molar-refractivity contribution in [1.29, 1.82) is 0 Å². The van der Waals surface area contributed by atoms with Gasteiger partial charge in [-0.25, -0.2) is 9.67 Å². The van der Waals surface area contributed by atoms with Gasteiger partial charge in [-0.05, 0) is 34.4 Å². The van der Waals surface area contributed by atoms with Crippen LogP contribution in [0.3, 0.4) is 0 Å². The topological polar surface area (TPSA) is 98.1 Å². The third-order valence-electron chi connectivity index (χ3n) is 5.29. The van der Waals surface area contributed by atoms with Gasteiger partial charge in [-0.15, -0.1) is 10.2 Å². The largest absolute Gasteiger partial charge is 0.264 e. The van der Waals surface area contributed by atoms with Gasteiger partial charge < -0.3 is 0 Å². The fraction of sp³-hybridized carbons (Fsp3) is 0.391. The summed E-state index contributed by atoms with van der Waals surface area (Å²) in [5.41, 5.74) is 4.14. The van der Waals surface area contributed by atoms with Gasteiger partial charge in [0, 0.05) is 30.3 Å². The summed E-state index contributed by atoms with van der Waals surface area (Å²) in [6.45, 7) is 7.22. The van der Waals surface area contributed by atoms with E-state index in [1.54, 1.807) is 12.4 Å². The second-order valence-corrected chi connectivity index (χ2v) is 8.01. The number of rotatable bonds is 9. The fourth-order valence-electron chi connectivity index (χ4n) is 3.55. The van der Waals surface area contributed by atoms with Crippen LogP contribution in [-0.2, 0) is 13.0 Å². The molecule has 4 rings (SSSR count). The van der Waals surface area contributed by atoms with Crippen molar-refractivity contribution in [3.63, 3.8) is 0 Å². The first-order valence-corrected chi connectivity index (χ1v) is 10.9. The molecule has 8 heteroatoms. The maximum absolute atomic E-state index is 4.81. The van der Waals surface area contributed by atoms with E-state index in [4.69, 9.17) is 10.1 Å². The lowest BCUT2D eigenvalue weighted by Gasteiger charge is -2.09. The lowest BCUT2D eigenvalue weighted by molar-refractivity contribution is 0.601. The van der Waals surface area contributed by atoms with Crippen molar-refractivity contribution >= 4 is 0 Å². The molecule has 0 saturated heterocycles. The van der Waals surface area contributed by atoms with Crippen LogP contribution >= 0.6 is 0 Å². The standard InChI is InChI=1S/C23H28N8/c1-4-5-6-7-21-25-22(16(2)3)28-31(21)15-17-8-10-18(11-9-17)19-12-13-24-14-20(19)23-26-29-30-27-23/h8-14,16H,4-7,15H2,1-3H3,(H,26,27,29,30). The molecule has 0 fully saturated rings. The first-order valence-electron chi connectivity index (χ1n) is 10.9. The molecule has 0 atom stereocenters. The smallest absolute Gasteiger partial charge is 0.206 e. The summed E-state index contributed by atoms with van der Waals surface area (Å²) in [6, 6.07) is 10.5. The number of H-pyrrole nitrogens is 1. The maximum Gasteiger partial charge on any atom is 0.206 e. The second-order valence-electron chi connectivity index (χ2n) is 8.01. The average Bonchev–Trinajstić information content (AvgIpc) is 3.45. The van der Waals surface area contributed by atoms with E-state index in [9.17, 15) is 0 Å². The molecule has 0 saturated carbocycles. The van der Waals surface area contributed by atoms with Crippen molar-refractivity contribution in [1.82, 2.24) is 40.4 Å². The van der Waals surface area contributed by atoms with Gasteiger partial charge in [0.15, 0.2) is 5.82 Å². The fourth-order valence-corrected chi connectivity index (χ4v) is 3.55. The zero-order valence-electron chi connectivity index (χ0n) is 18.3. The monoisotopic (exact) mass is 416 g/mol. The van der Waals surface area contributed by atoms with E-state index in [2.05, 4.69) is 75.3 Å². The Kier molecular flexibility index (Phi) is 6.45. The molecule has 0 spiro atoms. The molecule has 31 heavy (non-hydrogen) atoms. The van der Waals surface area contributed by atoms with Crippen molar-refractivity contribution in [3.05, 3.63) is 59.9 Å². The number of unbranched alkanes of at least 4 members (excludes halogenated alkanes) is 2. The van der Waals surface area contributed by atoms with Crippen LogP contribution in [0, 0.1) is 0 Å². The van der Waals surface area contributed by atoms with Gasteiger partial charge in [0.25, 0.3) is 0 Å². The molecular weight excluding hydrogens is 388 g/mol. The van der Waals surface area contributed by atoms with Crippen LogP contribution in [0.1, 0.15) is 63.2 Å². The molecule has 0 amide bonds. The number of nitrogens with one attached hydrogen (secondary N) is 1. The zero-order valence-corrected chi connectivity index (χ0v) is 18.3. The molecule has 160 valence electrons. The Hall–Kier alpha value is -3.42. The van der Waals surface area contributed by atoms with Gasteiger partial charge in [0.2, 0.25) is 5.82 Å². The Morgan fingerprint density at radius 1 is 1.03 bits per heavy atom. The number of tetrazole rings is 1. The third-order valence-corrected chi connectivity index (χ3v) is 5.29. The quantitative estimate of drug-likeness (QED) is 0.406. The summed E-state index contributed by atoms with van der Waals surface area (Å²) in [4.78, 5) is 9.02. The number of benzene rings is 1. The molecular formula is C23H28N8. The first kappa shape index (κ1) is 20.8. The Labute approximate surface area is 182 Å². The molecule has 1 aromatic carbocycles. The normalized spacial score (nSPS) is 11.4. The highest BCUT2D eigenvalue weighted by Gasteiger charge is 2.14. The molecule has 0 aliphatic heterocycles. The Morgan fingerprint density at radius 2 is 1.87 bits per heavy atom. The molecule has 0 unspecified atom stereocenters. The highest BCUT2D eigenvalue weighted by molar-refractivity contribution is 5.79. The van der Waals surface area contributed by atoms with Crippen molar-refractivity contribution in [2.75, 3.05) is 0 Å². The van der Waals surface area contributed by atoms with Gasteiger partial charge in [-0.3, -0.25) is 4.98 Å². The number of nitrogens with zero attached hydrogens (tertiary/aromatic N) is 7. The average molecular weight is 417 g/mol. The molecule has 0 aliphatic rings.